The number of morpholine rings is 1. The number of carboxylic acid groups (broad SMARTS) is 1. The molecule has 5 heteroatoms. The number of hydrogen-bond donors (Lipinski definition) is 2. The SMILES string of the molecule is C[C@@H]1CN[C@]2(CCN(C(=O)O)C2)CO1. The summed E-state index contributed by atoms with van der Waals surface area (Å²) in [4.78, 5) is 12.2. The van der Waals surface area contributed by atoms with Crippen LogP contribution in [-0.4, -0.2) is 54.0 Å². The highest BCUT2D eigenvalue weighted by atomic mass is 16.5. The molecule has 0 unspecified atom stereocenters. The molecule has 2 fully saturated rings. The minimum absolute atomic E-state index is 0.120. The maximum Gasteiger partial charge on any atom is 0.407 e. The predicted octanol–water partition coefficient (Wildman–Crippen LogP) is 0.117. The Morgan fingerprint density at radius 2 is 2.50 bits per heavy atom. The van der Waals surface area contributed by atoms with Gasteiger partial charge in [0, 0.05) is 19.6 Å². The number of likely N-dealkylation sites (tertiary alicyclic amines) is 1. The van der Waals surface area contributed by atoms with Crippen molar-refractivity contribution < 1.29 is 14.6 Å². The molecule has 2 heterocycles. The summed E-state index contributed by atoms with van der Waals surface area (Å²) in [6.45, 7) is 4.62. The average Bonchev–Trinajstić information content (AvgIpc) is 2.56. The lowest BCUT2D eigenvalue weighted by Crippen LogP contribution is -2.58. The molecule has 0 aromatic carbocycles. The van der Waals surface area contributed by atoms with Gasteiger partial charge >= 0.3 is 6.09 Å². The summed E-state index contributed by atoms with van der Waals surface area (Å²) in [6, 6.07) is 0. The Hall–Kier alpha value is -0.810. The number of ether oxygens (including phenoxy) is 1. The molecule has 5 nitrogen and oxygen atoms in total. The minimum atomic E-state index is -0.831. The first-order chi connectivity index (χ1) is 6.61. The normalized spacial score (nSPS) is 37.8. The van der Waals surface area contributed by atoms with E-state index >= 15 is 0 Å². The van der Waals surface area contributed by atoms with Crippen LogP contribution in [0.2, 0.25) is 0 Å². The molecular formula is C9H16N2O3. The second-order valence-electron chi connectivity index (χ2n) is 4.24. The first kappa shape index (κ1) is 9.73. The highest BCUT2D eigenvalue weighted by Crippen LogP contribution is 2.24. The summed E-state index contributed by atoms with van der Waals surface area (Å²) < 4.78 is 5.56. The number of carbonyl (C=O) groups is 1. The summed E-state index contributed by atoms with van der Waals surface area (Å²) in [5, 5.41) is 12.2. The molecule has 2 aliphatic rings. The monoisotopic (exact) mass is 200 g/mol. The van der Waals surface area contributed by atoms with E-state index in [0.29, 0.717) is 19.7 Å². The zero-order chi connectivity index (χ0) is 10.2. The lowest BCUT2D eigenvalue weighted by atomic mass is 9.98. The van der Waals surface area contributed by atoms with Gasteiger partial charge in [-0.3, -0.25) is 0 Å². The largest absolute Gasteiger partial charge is 0.465 e. The van der Waals surface area contributed by atoms with Crippen molar-refractivity contribution in [2.45, 2.75) is 25.0 Å². The molecule has 0 aromatic rings. The smallest absolute Gasteiger partial charge is 0.407 e. The van der Waals surface area contributed by atoms with Gasteiger partial charge in [0.05, 0.1) is 18.2 Å². The van der Waals surface area contributed by atoms with Crippen LogP contribution in [0.4, 0.5) is 4.79 Å². The summed E-state index contributed by atoms with van der Waals surface area (Å²) in [5.74, 6) is 0. The van der Waals surface area contributed by atoms with Gasteiger partial charge in [-0.05, 0) is 13.3 Å². The second-order valence-corrected chi connectivity index (χ2v) is 4.24. The molecule has 2 rings (SSSR count). The first-order valence-electron chi connectivity index (χ1n) is 4.96. The van der Waals surface area contributed by atoms with Gasteiger partial charge in [-0.15, -0.1) is 0 Å². The van der Waals surface area contributed by atoms with Gasteiger partial charge in [0.1, 0.15) is 0 Å². The predicted molar refractivity (Wildman–Crippen MR) is 50.4 cm³/mol. The van der Waals surface area contributed by atoms with Gasteiger partial charge in [0.25, 0.3) is 0 Å². The number of nitrogens with one attached hydrogen (secondary N) is 1. The van der Waals surface area contributed by atoms with Gasteiger partial charge in [-0.2, -0.15) is 0 Å². The zero-order valence-electron chi connectivity index (χ0n) is 8.32. The molecule has 1 spiro atoms. The van der Waals surface area contributed by atoms with Crippen molar-refractivity contribution in [2.75, 3.05) is 26.2 Å². The van der Waals surface area contributed by atoms with Crippen molar-refractivity contribution in [3.8, 4) is 0 Å². The standard InChI is InChI=1S/C9H16N2O3/c1-7-4-10-9(6-14-7)2-3-11(5-9)8(12)13/h7,10H,2-6H2,1H3,(H,12,13)/t7-,9+/m1/s1. The third kappa shape index (κ3) is 1.69. The molecule has 2 N–H and O–H groups in total. The van der Waals surface area contributed by atoms with Crippen molar-refractivity contribution >= 4 is 6.09 Å². The van der Waals surface area contributed by atoms with Gasteiger partial charge in [0.15, 0.2) is 0 Å². The molecule has 1 amide bonds. The van der Waals surface area contributed by atoms with E-state index in [1.807, 2.05) is 6.92 Å². The molecule has 0 aromatic heterocycles. The van der Waals surface area contributed by atoms with Crippen LogP contribution in [0.25, 0.3) is 0 Å². The van der Waals surface area contributed by atoms with Crippen LogP contribution in [0.1, 0.15) is 13.3 Å². The Labute approximate surface area is 83.0 Å². The molecule has 0 radical (unpaired) electrons. The molecule has 2 atom stereocenters. The third-order valence-corrected chi connectivity index (χ3v) is 3.03. The van der Waals surface area contributed by atoms with Crippen LogP contribution in [0.15, 0.2) is 0 Å². The van der Waals surface area contributed by atoms with Crippen molar-refractivity contribution in [1.82, 2.24) is 10.2 Å². The van der Waals surface area contributed by atoms with Crippen LogP contribution in [0.5, 0.6) is 0 Å². The number of amides is 1. The van der Waals surface area contributed by atoms with Crippen LogP contribution in [0, 0.1) is 0 Å². The summed E-state index contributed by atoms with van der Waals surface area (Å²) in [7, 11) is 0. The first-order valence-corrected chi connectivity index (χ1v) is 4.96. The van der Waals surface area contributed by atoms with Crippen molar-refractivity contribution in [3.63, 3.8) is 0 Å². The van der Waals surface area contributed by atoms with Crippen molar-refractivity contribution in [3.05, 3.63) is 0 Å². The number of rotatable bonds is 0. The molecule has 0 bridgehead atoms. The van der Waals surface area contributed by atoms with E-state index in [1.165, 1.54) is 4.90 Å². The van der Waals surface area contributed by atoms with E-state index in [-0.39, 0.29) is 11.6 Å². The van der Waals surface area contributed by atoms with Gasteiger partial charge < -0.3 is 20.1 Å². The third-order valence-electron chi connectivity index (χ3n) is 3.03. The van der Waals surface area contributed by atoms with Crippen molar-refractivity contribution in [1.29, 1.82) is 0 Å². The topological polar surface area (TPSA) is 61.8 Å². The quantitative estimate of drug-likeness (QED) is 0.583. The highest BCUT2D eigenvalue weighted by molar-refractivity contribution is 5.65. The molecule has 2 aliphatic heterocycles. The van der Waals surface area contributed by atoms with Crippen LogP contribution < -0.4 is 5.32 Å². The Morgan fingerprint density at radius 1 is 1.71 bits per heavy atom. The van der Waals surface area contributed by atoms with Crippen LogP contribution in [0.3, 0.4) is 0 Å². The number of hydrogen-bond acceptors (Lipinski definition) is 3. The fourth-order valence-corrected chi connectivity index (χ4v) is 2.07. The fourth-order valence-electron chi connectivity index (χ4n) is 2.07. The molecule has 80 valence electrons. The van der Waals surface area contributed by atoms with E-state index < -0.39 is 6.09 Å². The minimum Gasteiger partial charge on any atom is -0.465 e. The molecule has 14 heavy (non-hydrogen) atoms. The van der Waals surface area contributed by atoms with E-state index in [2.05, 4.69) is 5.32 Å². The maximum atomic E-state index is 10.7. The van der Waals surface area contributed by atoms with E-state index in [4.69, 9.17) is 9.84 Å². The Morgan fingerprint density at radius 3 is 3.00 bits per heavy atom. The second kappa shape index (κ2) is 3.40. The highest BCUT2D eigenvalue weighted by Gasteiger charge is 2.42. The Bertz CT molecular complexity index is 236. The molecule has 2 saturated heterocycles. The molecular weight excluding hydrogens is 184 g/mol. The lowest BCUT2D eigenvalue weighted by molar-refractivity contribution is -0.0198. The van der Waals surface area contributed by atoms with Crippen molar-refractivity contribution in [2.24, 2.45) is 0 Å². The lowest BCUT2D eigenvalue weighted by Gasteiger charge is -2.37. The zero-order valence-corrected chi connectivity index (χ0v) is 8.32. The van der Waals surface area contributed by atoms with E-state index in [1.54, 1.807) is 0 Å². The van der Waals surface area contributed by atoms with E-state index in [9.17, 15) is 4.79 Å². The van der Waals surface area contributed by atoms with Crippen LogP contribution >= 0.6 is 0 Å². The van der Waals surface area contributed by atoms with Gasteiger partial charge in [-0.1, -0.05) is 0 Å². The summed E-state index contributed by atoms with van der Waals surface area (Å²) in [6.07, 6.45) is 0.258. The summed E-state index contributed by atoms with van der Waals surface area (Å²) in [5.41, 5.74) is -0.120. The van der Waals surface area contributed by atoms with E-state index in [0.717, 1.165) is 13.0 Å². The molecule has 0 aliphatic carbocycles. The van der Waals surface area contributed by atoms with Gasteiger partial charge in [0.2, 0.25) is 0 Å². The Balaban J connectivity index is 1.96. The van der Waals surface area contributed by atoms with Crippen LogP contribution in [-0.2, 0) is 4.74 Å². The number of nitrogens with zero attached hydrogens (tertiary/aromatic N) is 1. The maximum absolute atomic E-state index is 10.7. The molecule has 0 saturated carbocycles. The summed E-state index contributed by atoms with van der Waals surface area (Å²) >= 11 is 0. The fraction of sp³-hybridized carbons (Fsp3) is 0.889. The average molecular weight is 200 g/mol. The Kier molecular flexibility index (Phi) is 2.36. The van der Waals surface area contributed by atoms with Gasteiger partial charge in [-0.25, -0.2) is 4.79 Å².